The molecular weight excluding hydrogens is 645 g/mol. The molecule has 3 heterocycles. The second-order valence-electron chi connectivity index (χ2n) is 8.52. The summed E-state index contributed by atoms with van der Waals surface area (Å²) in [6.07, 6.45) is -2.77. The van der Waals surface area contributed by atoms with E-state index in [9.17, 15) is 33.1 Å². The van der Waals surface area contributed by atoms with Crippen molar-refractivity contribution < 1.29 is 60.7 Å². The molecule has 5 atom stereocenters. The van der Waals surface area contributed by atoms with Gasteiger partial charge in [-0.05, 0) is 17.2 Å². The average Bonchev–Trinajstić information content (AvgIpc) is 3.48. The number of ether oxygens (including phenoxy) is 2. The quantitative estimate of drug-likeness (QED) is 0.0522. The van der Waals surface area contributed by atoms with Gasteiger partial charge in [-0.1, -0.05) is 23.3 Å². The van der Waals surface area contributed by atoms with Crippen LogP contribution in [0.2, 0.25) is 0 Å². The lowest BCUT2D eigenvalue weighted by molar-refractivity contribution is -0.0490. The Morgan fingerprint density at radius 2 is 1.93 bits per heavy atom. The summed E-state index contributed by atoms with van der Waals surface area (Å²) in [7, 11) is -17.0. The van der Waals surface area contributed by atoms with E-state index in [0.717, 1.165) is 0 Å². The van der Waals surface area contributed by atoms with Gasteiger partial charge in [-0.2, -0.15) is 13.6 Å². The summed E-state index contributed by atoms with van der Waals surface area (Å²) >= 11 is 0. The van der Waals surface area contributed by atoms with E-state index < -0.39 is 60.0 Å². The molecule has 1 aromatic carbocycles. The largest absolute Gasteiger partial charge is 0.490 e. The van der Waals surface area contributed by atoms with Gasteiger partial charge in [0.05, 0.1) is 25.0 Å². The number of rotatable bonds is 12. The summed E-state index contributed by atoms with van der Waals surface area (Å²) in [4.78, 5) is 74.9. The number of nitrogens with two attached hydrogens (primary N) is 1. The molecule has 232 valence electrons. The van der Waals surface area contributed by atoms with E-state index in [2.05, 4.69) is 38.1 Å². The average molecular weight is 666 g/mol. The normalized spacial score (nSPS) is 21.5. The molecule has 1 aliphatic rings. The third-order valence-electron chi connectivity index (χ3n) is 5.56. The van der Waals surface area contributed by atoms with Crippen molar-refractivity contribution in [2.45, 2.75) is 31.4 Å². The number of azide groups is 1. The summed E-state index contributed by atoms with van der Waals surface area (Å²) in [5.41, 5.74) is 13.8. The number of imidazole rings is 1. The molecule has 0 radical (unpaired) electrons. The van der Waals surface area contributed by atoms with Crippen LogP contribution in [-0.4, -0.2) is 63.9 Å². The van der Waals surface area contributed by atoms with E-state index in [1.807, 2.05) is 0 Å². The van der Waals surface area contributed by atoms with Crippen molar-refractivity contribution in [2.75, 3.05) is 12.3 Å². The van der Waals surface area contributed by atoms with Crippen LogP contribution < -0.4 is 11.3 Å². The van der Waals surface area contributed by atoms with Crippen LogP contribution in [0.1, 0.15) is 28.6 Å². The molecule has 0 bridgehead atoms. The maximum absolute atomic E-state index is 13.1. The third kappa shape index (κ3) is 8.33. The maximum atomic E-state index is 13.1. The molecule has 1 saturated heterocycles. The highest BCUT2D eigenvalue weighted by molar-refractivity contribution is 7.66. The molecule has 1 fully saturated rings. The van der Waals surface area contributed by atoms with Crippen LogP contribution in [0.25, 0.3) is 21.6 Å². The van der Waals surface area contributed by atoms with Crippen molar-refractivity contribution in [1.82, 2.24) is 19.5 Å². The molecule has 4 rings (SSSR count). The summed E-state index contributed by atoms with van der Waals surface area (Å²) < 4.78 is 59.6. The highest BCUT2D eigenvalue weighted by Gasteiger charge is 2.44. The number of hydrogen-bond donors (Lipinski definition) is 6. The van der Waals surface area contributed by atoms with E-state index in [4.69, 9.17) is 30.5 Å². The Morgan fingerprint density at radius 3 is 2.63 bits per heavy atom. The van der Waals surface area contributed by atoms with E-state index in [1.54, 1.807) is 6.07 Å². The Bertz CT molecular complexity index is 1780. The number of aromatic amines is 1. The number of nitrogens with zero attached hydrogens (tertiary/aromatic N) is 6. The van der Waals surface area contributed by atoms with E-state index >= 15 is 0 Å². The van der Waals surface area contributed by atoms with Gasteiger partial charge in [0, 0.05) is 11.3 Å². The standard InChI is InChI=1S/C18H21N8O14P3/c19-18-23-15-14(16(27)24-18)21-8-26(15)13-5-11(38-17(28)10-4-2-1-3-9(10)6-22-25-20)12(37-13)7-36-42(32,33)40-43(34,35)39-41(29,30)31/h1-4,8,11-13H,5-7H2,(H,32,33)(H,34,35)(H2,29,30,31)(H3,19,23,24,27)/t11-,12-,13-/m1/s1. The van der Waals surface area contributed by atoms with Gasteiger partial charge in [-0.3, -0.25) is 18.9 Å². The Morgan fingerprint density at radius 1 is 1.21 bits per heavy atom. The molecule has 43 heavy (non-hydrogen) atoms. The lowest BCUT2D eigenvalue weighted by Gasteiger charge is -2.21. The topological polar surface area (TPSA) is 334 Å². The smallest absolute Gasteiger partial charge is 0.456 e. The van der Waals surface area contributed by atoms with Crippen LogP contribution in [0.15, 0.2) is 40.5 Å². The first-order valence-corrected chi connectivity index (χ1v) is 16.1. The summed E-state index contributed by atoms with van der Waals surface area (Å²) in [6, 6.07) is 6.00. The van der Waals surface area contributed by atoms with Gasteiger partial charge >= 0.3 is 29.4 Å². The first-order chi connectivity index (χ1) is 20.1. The molecule has 2 unspecified atom stereocenters. The number of nitrogen functional groups attached to an aromatic ring is 1. The zero-order chi connectivity index (χ0) is 31.6. The number of anilines is 1. The van der Waals surface area contributed by atoms with Crippen LogP contribution in [0, 0.1) is 0 Å². The summed E-state index contributed by atoms with van der Waals surface area (Å²) in [5.74, 6) is -1.17. The number of carbonyl (C=O) groups is 1. The fraction of sp³-hybridized carbons (Fsp3) is 0.333. The zero-order valence-electron chi connectivity index (χ0n) is 21.2. The highest BCUT2D eigenvalue weighted by atomic mass is 31.3. The monoisotopic (exact) mass is 666 g/mol. The number of phosphoric acid groups is 3. The number of H-pyrrole nitrogens is 1. The van der Waals surface area contributed by atoms with Crippen LogP contribution in [0.4, 0.5) is 5.95 Å². The van der Waals surface area contributed by atoms with Crippen molar-refractivity contribution >= 4 is 46.5 Å². The zero-order valence-corrected chi connectivity index (χ0v) is 23.9. The second-order valence-corrected chi connectivity index (χ2v) is 12.9. The number of hydrogen-bond acceptors (Lipinski definition) is 14. The number of phosphoric ester groups is 1. The molecular formula is C18H21N8O14P3. The molecule has 0 amide bonds. The number of aromatic nitrogens is 4. The van der Waals surface area contributed by atoms with Crippen molar-refractivity contribution in [3.8, 4) is 0 Å². The maximum Gasteiger partial charge on any atom is 0.490 e. The predicted molar refractivity (Wildman–Crippen MR) is 139 cm³/mol. The Balaban J connectivity index is 1.59. The fourth-order valence-corrected chi connectivity index (χ4v) is 6.97. The van der Waals surface area contributed by atoms with Crippen LogP contribution in [0.3, 0.4) is 0 Å². The molecule has 25 heteroatoms. The molecule has 0 saturated carbocycles. The summed E-state index contributed by atoms with van der Waals surface area (Å²) in [6.45, 7) is -1.15. The second kappa shape index (κ2) is 12.6. The minimum atomic E-state index is -5.81. The Kier molecular flexibility index (Phi) is 9.53. The van der Waals surface area contributed by atoms with Gasteiger partial charge in [0.2, 0.25) is 5.95 Å². The third-order valence-corrected chi connectivity index (χ3v) is 9.36. The van der Waals surface area contributed by atoms with Gasteiger partial charge in [0.15, 0.2) is 11.2 Å². The molecule has 22 nitrogen and oxygen atoms in total. The van der Waals surface area contributed by atoms with Crippen molar-refractivity contribution in [3.63, 3.8) is 0 Å². The fourth-order valence-electron chi connectivity index (χ4n) is 3.94. The van der Waals surface area contributed by atoms with Crippen LogP contribution in [-0.2, 0) is 42.9 Å². The predicted octanol–water partition coefficient (Wildman–Crippen LogP) is 1.37. The summed E-state index contributed by atoms with van der Waals surface area (Å²) in [5, 5.41) is 3.43. The lowest BCUT2D eigenvalue weighted by atomic mass is 10.1. The minimum Gasteiger partial charge on any atom is -0.456 e. The number of esters is 1. The van der Waals surface area contributed by atoms with Gasteiger partial charge in [-0.25, -0.2) is 23.5 Å². The SMILES string of the molecule is [N-]=[N+]=NCc1ccccc1C(=O)O[C@@H]1C[C@H](n2cnc3c(=O)[nH]c(N)nc32)O[C@@H]1COP(=O)(O)OP(=O)(O)OP(=O)(O)O. The van der Waals surface area contributed by atoms with Gasteiger partial charge < -0.3 is 34.8 Å². The van der Waals surface area contributed by atoms with Crippen LogP contribution in [0.5, 0.6) is 0 Å². The van der Waals surface area contributed by atoms with Gasteiger partial charge in [-0.15, -0.1) is 0 Å². The highest BCUT2D eigenvalue weighted by Crippen LogP contribution is 2.66. The number of carbonyl (C=O) groups excluding carboxylic acids is 1. The molecule has 0 aliphatic carbocycles. The van der Waals surface area contributed by atoms with Crippen molar-refractivity contribution in [2.24, 2.45) is 5.11 Å². The molecule has 1 aliphatic heterocycles. The first-order valence-electron chi connectivity index (χ1n) is 11.5. The van der Waals surface area contributed by atoms with Gasteiger partial charge in [0.1, 0.15) is 18.4 Å². The Labute approximate surface area is 238 Å². The number of fused-ring (bicyclic) bond motifs is 1. The number of nitrogens with one attached hydrogen (secondary N) is 1. The van der Waals surface area contributed by atoms with Gasteiger partial charge in [0.25, 0.3) is 5.56 Å². The minimum absolute atomic E-state index is 0.0130. The van der Waals surface area contributed by atoms with E-state index in [-0.39, 0.29) is 35.6 Å². The lowest BCUT2D eigenvalue weighted by Crippen LogP contribution is -2.31. The van der Waals surface area contributed by atoms with E-state index in [0.29, 0.717) is 5.56 Å². The van der Waals surface area contributed by atoms with Crippen LogP contribution >= 0.6 is 23.5 Å². The van der Waals surface area contributed by atoms with E-state index in [1.165, 1.54) is 29.1 Å². The Hall–Kier alpha value is -3.48. The molecule has 3 aromatic rings. The molecule has 2 aromatic heterocycles. The van der Waals surface area contributed by atoms with Crippen molar-refractivity contribution in [3.05, 3.63) is 62.5 Å². The first kappa shape index (κ1) is 32.4. The number of benzene rings is 1. The molecule has 0 spiro atoms. The van der Waals surface area contributed by atoms with Crippen molar-refractivity contribution in [1.29, 1.82) is 0 Å². The molecule has 7 N–H and O–H groups in total.